The molecule has 0 unspecified atom stereocenters. The highest BCUT2D eigenvalue weighted by atomic mass is 16.2. The molecule has 2 fully saturated rings. The van der Waals surface area contributed by atoms with E-state index in [0.717, 1.165) is 37.5 Å². The van der Waals surface area contributed by atoms with E-state index in [9.17, 15) is 9.59 Å². The van der Waals surface area contributed by atoms with Gasteiger partial charge in [-0.05, 0) is 12.6 Å². The summed E-state index contributed by atoms with van der Waals surface area (Å²) in [7, 11) is 2.07. The molecule has 27 heavy (non-hydrogen) atoms. The fraction of sp³-hybridized carbons (Fsp3) is 0.550. The van der Waals surface area contributed by atoms with Crippen LogP contribution in [-0.2, 0) is 9.59 Å². The second-order valence-corrected chi connectivity index (χ2v) is 7.87. The second kappa shape index (κ2) is 7.40. The first-order valence-electron chi connectivity index (χ1n) is 9.69. The number of hydrogen-bond donors (Lipinski definition) is 2. The van der Waals surface area contributed by atoms with Crippen LogP contribution in [0.2, 0.25) is 0 Å². The van der Waals surface area contributed by atoms with Crippen molar-refractivity contribution in [1.82, 2.24) is 20.5 Å². The van der Waals surface area contributed by atoms with Gasteiger partial charge in [-0.15, -0.1) is 0 Å². The normalized spacial score (nSPS) is 28.2. The number of carbonyl (C=O) groups is 2. The monoisotopic (exact) mass is 369 g/mol. The Morgan fingerprint density at radius 1 is 1.33 bits per heavy atom. The molecule has 2 amide bonds. The minimum absolute atomic E-state index is 0.0168. The number of amides is 2. The molecule has 144 valence electrons. The van der Waals surface area contributed by atoms with Gasteiger partial charge in [0.05, 0.1) is 17.7 Å². The zero-order valence-corrected chi connectivity index (χ0v) is 15.8. The standard InChI is InChI=1S/C20H27N5O2/c1-24-12-16-11-21-13-20(16,14-24)19(27)22-9-10-25-18(26)8-7-17(23-25)15-5-3-2-4-6-15/h2-6,16,21H,7-14H2,1H3,(H,22,27)/t16-,20-/m1/s1. The number of hydrogen-bond acceptors (Lipinski definition) is 5. The summed E-state index contributed by atoms with van der Waals surface area (Å²) in [6.07, 6.45) is 1.12. The van der Waals surface area contributed by atoms with Gasteiger partial charge in [-0.25, -0.2) is 5.01 Å². The van der Waals surface area contributed by atoms with Gasteiger partial charge in [0, 0.05) is 51.5 Å². The summed E-state index contributed by atoms with van der Waals surface area (Å²) in [5.74, 6) is 0.475. The van der Waals surface area contributed by atoms with Crippen molar-refractivity contribution in [3.05, 3.63) is 35.9 Å². The molecule has 3 aliphatic rings. The first-order chi connectivity index (χ1) is 13.1. The van der Waals surface area contributed by atoms with E-state index in [2.05, 4.69) is 27.7 Å². The van der Waals surface area contributed by atoms with Gasteiger partial charge in [0.2, 0.25) is 11.8 Å². The highest BCUT2D eigenvalue weighted by Crippen LogP contribution is 2.38. The Bertz CT molecular complexity index is 750. The van der Waals surface area contributed by atoms with Crippen LogP contribution in [0.25, 0.3) is 0 Å². The first-order valence-corrected chi connectivity index (χ1v) is 9.69. The molecule has 0 saturated carbocycles. The van der Waals surface area contributed by atoms with Gasteiger partial charge in [-0.2, -0.15) is 5.10 Å². The fourth-order valence-electron chi connectivity index (χ4n) is 4.56. The van der Waals surface area contributed by atoms with Crippen LogP contribution >= 0.6 is 0 Å². The Morgan fingerprint density at radius 2 is 2.15 bits per heavy atom. The number of hydrazone groups is 1. The van der Waals surface area contributed by atoms with Crippen LogP contribution in [0.3, 0.4) is 0 Å². The number of fused-ring (bicyclic) bond motifs is 1. The maximum atomic E-state index is 12.9. The molecule has 4 rings (SSSR count). The highest BCUT2D eigenvalue weighted by Gasteiger charge is 2.53. The zero-order chi connectivity index (χ0) is 18.9. The quantitative estimate of drug-likeness (QED) is 0.782. The average molecular weight is 369 g/mol. The van der Waals surface area contributed by atoms with E-state index in [1.165, 1.54) is 5.01 Å². The fourth-order valence-corrected chi connectivity index (χ4v) is 4.56. The van der Waals surface area contributed by atoms with E-state index in [1.807, 2.05) is 30.3 Å². The van der Waals surface area contributed by atoms with E-state index in [4.69, 9.17) is 0 Å². The molecule has 0 aliphatic carbocycles. The molecule has 2 N–H and O–H groups in total. The number of benzene rings is 1. The van der Waals surface area contributed by atoms with Crippen LogP contribution in [0.1, 0.15) is 18.4 Å². The lowest BCUT2D eigenvalue weighted by atomic mass is 9.80. The molecular weight excluding hydrogens is 342 g/mol. The Hall–Kier alpha value is -2.25. The molecule has 7 heteroatoms. The summed E-state index contributed by atoms with van der Waals surface area (Å²) in [6.45, 7) is 4.20. The van der Waals surface area contributed by atoms with E-state index >= 15 is 0 Å². The third-order valence-corrected chi connectivity index (χ3v) is 5.97. The van der Waals surface area contributed by atoms with Crippen LogP contribution in [0, 0.1) is 11.3 Å². The third-order valence-electron chi connectivity index (χ3n) is 5.97. The van der Waals surface area contributed by atoms with Crippen molar-refractivity contribution in [1.29, 1.82) is 0 Å². The molecule has 3 heterocycles. The van der Waals surface area contributed by atoms with Crippen molar-refractivity contribution in [3.63, 3.8) is 0 Å². The van der Waals surface area contributed by atoms with Crippen LogP contribution in [0.4, 0.5) is 0 Å². The maximum absolute atomic E-state index is 12.9. The summed E-state index contributed by atoms with van der Waals surface area (Å²) in [4.78, 5) is 27.3. The maximum Gasteiger partial charge on any atom is 0.243 e. The van der Waals surface area contributed by atoms with Crippen LogP contribution < -0.4 is 10.6 Å². The van der Waals surface area contributed by atoms with E-state index in [0.29, 0.717) is 31.8 Å². The van der Waals surface area contributed by atoms with Crippen molar-refractivity contribution in [2.75, 3.05) is 46.3 Å². The van der Waals surface area contributed by atoms with Crippen molar-refractivity contribution in [2.24, 2.45) is 16.4 Å². The van der Waals surface area contributed by atoms with Gasteiger partial charge < -0.3 is 15.5 Å². The summed E-state index contributed by atoms with van der Waals surface area (Å²) >= 11 is 0. The van der Waals surface area contributed by atoms with Gasteiger partial charge in [0.15, 0.2) is 0 Å². The van der Waals surface area contributed by atoms with Crippen LogP contribution in [0.5, 0.6) is 0 Å². The average Bonchev–Trinajstić information content (AvgIpc) is 3.21. The Kier molecular flexibility index (Phi) is 4.97. The second-order valence-electron chi connectivity index (χ2n) is 7.87. The third kappa shape index (κ3) is 3.49. The number of nitrogens with zero attached hydrogens (tertiary/aromatic N) is 3. The summed E-state index contributed by atoms with van der Waals surface area (Å²) in [6, 6.07) is 9.94. The summed E-state index contributed by atoms with van der Waals surface area (Å²) in [5, 5.41) is 12.5. The Morgan fingerprint density at radius 3 is 2.96 bits per heavy atom. The molecule has 0 bridgehead atoms. The number of rotatable bonds is 5. The molecule has 7 nitrogen and oxygen atoms in total. The molecule has 0 spiro atoms. The predicted octanol–water partition coefficient (Wildman–Crippen LogP) is 0.281. The minimum Gasteiger partial charge on any atom is -0.354 e. The minimum atomic E-state index is -0.334. The van der Waals surface area contributed by atoms with Crippen molar-refractivity contribution in [2.45, 2.75) is 12.8 Å². The summed E-state index contributed by atoms with van der Waals surface area (Å²) < 4.78 is 0. The zero-order valence-electron chi connectivity index (χ0n) is 15.8. The highest BCUT2D eigenvalue weighted by molar-refractivity contribution is 6.04. The van der Waals surface area contributed by atoms with Crippen LogP contribution in [-0.4, -0.2) is 73.8 Å². The first kappa shape index (κ1) is 18.1. The molecule has 0 radical (unpaired) electrons. The Labute approximate surface area is 159 Å². The topological polar surface area (TPSA) is 77.0 Å². The number of carbonyl (C=O) groups excluding carboxylic acids is 2. The largest absolute Gasteiger partial charge is 0.354 e. The lowest BCUT2D eigenvalue weighted by Gasteiger charge is -2.28. The number of likely N-dealkylation sites (tertiary alicyclic amines) is 1. The van der Waals surface area contributed by atoms with Crippen molar-refractivity contribution >= 4 is 17.5 Å². The van der Waals surface area contributed by atoms with Gasteiger partial charge in [0.1, 0.15) is 0 Å². The molecule has 0 aromatic heterocycles. The summed E-state index contributed by atoms with van der Waals surface area (Å²) in [5.41, 5.74) is 1.64. The molecule has 2 atom stereocenters. The predicted molar refractivity (Wildman–Crippen MR) is 103 cm³/mol. The molecule has 2 saturated heterocycles. The van der Waals surface area contributed by atoms with Gasteiger partial charge >= 0.3 is 0 Å². The van der Waals surface area contributed by atoms with E-state index in [1.54, 1.807) is 0 Å². The smallest absolute Gasteiger partial charge is 0.243 e. The SMILES string of the molecule is CN1C[C@H]2CNC[C@@]2(C(=O)NCCN2N=C(c3ccccc3)CCC2=O)C1. The van der Waals surface area contributed by atoms with Crippen molar-refractivity contribution < 1.29 is 9.59 Å². The molecule has 1 aromatic carbocycles. The lowest BCUT2D eigenvalue weighted by Crippen LogP contribution is -2.49. The molecule has 1 aromatic rings. The van der Waals surface area contributed by atoms with Crippen molar-refractivity contribution in [3.8, 4) is 0 Å². The Balaban J connectivity index is 1.37. The lowest BCUT2D eigenvalue weighted by molar-refractivity contribution is -0.133. The van der Waals surface area contributed by atoms with E-state index in [-0.39, 0.29) is 17.2 Å². The van der Waals surface area contributed by atoms with Gasteiger partial charge in [-0.1, -0.05) is 30.3 Å². The van der Waals surface area contributed by atoms with E-state index < -0.39 is 0 Å². The van der Waals surface area contributed by atoms with Gasteiger partial charge in [-0.3, -0.25) is 9.59 Å². The number of nitrogens with one attached hydrogen (secondary N) is 2. The molecule has 3 aliphatic heterocycles. The molecular formula is C20H27N5O2. The van der Waals surface area contributed by atoms with Gasteiger partial charge in [0.25, 0.3) is 0 Å². The van der Waals surface area contributed by atoms with Crippen LogP contribution in [0.15, 0.2) is 35.4 Å².